The lowest BCUT2D eigenvalue weighted by atomic mass is 10.1. The molecule has 3 amide bonds. The summed E-state index contributed by atoms with van der Waals surface area (Å²) in [6, 6.07) is 17.2. The van der Waals surface area contributed by atoms with Crippen molar-refractivity contribution in [2.45, 2.75) is 20.8 Å². The number of carbonyl (C=O) groups is 2. The van der Waals surface area contributed by atoms with E-state index in [0.717, 1.165) is 28.3 Å². The Morgan fingerprint density at radius 2 is 1.66 bits per heavy atom. The normalized spacial score (nSPS) is 13.5. The van der Waals surface area contributed by atoms with Crippen molar-refractivity contribution >= 4 is 23.3 Å². The molecule has 6 heteroatoms. The number of aromatic nitrogens is 1. The van der Waals surface area contributed by atoms with Crippen molar-refractivity contribution in [2.24, 2.45) is 0 Å². The lowest BCUT2D eigenvalue weighted by molar-refractivity contribution is 0.102. The second kappa shape index (κ2) is 7.47. The topological polar surface area (TPSA) is 66.4 Å². The number of aryl methyl sites for hydroxylation is 3. The quantitative estimate of drug-likeness (QED) is 0.704. The SMILES string of the molecule is Cc1ccc(-n2c(C)ccc2C)c(C(=O)Nc2ccc(N3CCNC3=O)cc2)c1. The average molecular weight is 388 g/mol. The Labute approximate surface area is 170 Å². The molecule has 0 atom stereocenters. The van der Waals surface area contributed by atoms with E-state index in [0.29, 0.717) is 24.3 Å². The van der Waals surface area contributed by atoms with Gasteiger partial charge in [-0.2, -0.15) is 0 Å². The van der Waals surface area contributed by atoms with Crippen LogP contribution in [0.1, 0.15) is 27.3 Å². The molecule has 29 heavy (non-hydrogen) atoms. The first-order valence-electron chi connectivity index (χ1n) is 9.67. The highest BCUT2D eigenvalue weighted by Gasteiger charge is 2.21. The lowest BCUT2D eigenvalue weighted by Crippen LogP contribution is -2.27. The smallest absolute Gasteiger partial charge is 0.321 e. The molecule has 2 heterocycles. The van der Waals surface area contributed by atoms with Crippen LogP contribution in [-0.2, 0) is 0 Å². The van der Waals surface area contributed by atoms with E-state index >= 15 is 0 Å². The van der Waals surface area contributed by atoms with E-state index in [1.54, 1.807) is 4.90 Å². The second-order valence-corrected chi connectivity index (χ2v) is 7.36. The van der Waals surface area contributed by atoms with Gasteiger partial charge in [-0.25, -0.2) is 4.79 Å². The predicted octanol–water partition coefficient (Wildman–Crippen LogP) is 4.18. The first-order valence-corrected chi connectivity index (χ1v) is 9.67. The number of amides is 3. The summed E-state index contributed by atoms with van der Waals surface area (Å²) in [6.07, 6.45) is 0. The van der Waals surface area contributed by atoms with Crippen LogP contribution in [0.15, 0.2) is 54.6 Å². The third-order valence-electron chi connectivity index (χ3n) is 5.20. The predicted molar refractivity (Wildman–Crippen MR) is 115 cm³/mol. The van der Waals surface area contributed by atoms with Gasteiger partial charge in [0.15, 0.2) is 0 Å². The number of nitrogens with zero attached hydrogens (tertiary/aromatic N) is 2. The van der Waals surface area contributed by atoms with Crippen LogP contribution in [0, 0.1) is 20.8 Å². The molecule has 6 nitrogen and oxygen atoms in total. The fourth-order valence-corrected chi connectivity index (χ4v) is 3.72. The first-order chi connectivity index (χ1) is 13.9. The Kier molecular flexibility index (Phi) is 4.84. The van der Waals surface area contributed by atoms with Gasteiger partial charge in [0, 0.05) is 35.9 Å². The molecule has 3 aromatic rings. The van der Waals surface area contributed by atoms with Crippen LogP contribution in [0.4, 0.5) is 16.2 Å². The maximum atomic E-state index is 13.1. The van der Waals surface area contributed by atoms with Gasteiger partial charge in [-0.05, 0) is 69.3 Å². The molecule has 0 radical (unpaired) electrons. The largest absolute Gasteiger partial charge is 0.336 e. The molecule has 0 bridgehead atoms. The van der Waals surface area contributed by atoms with Gasteiger partial charge in [0.2, 0.25) is 0 Å². The van der Waals surface area contributed by atoms with Crippen molar-refractivity contribution in [1.82, 2.24) is 9.88 Å². The Morgan fingerprint density at radius 1 is 0.966 bits per heavy atom. The maximum absolute atomic E-state index is 13.1. The standard InChI is InChI=1S/C23H24N4O2/c1-15-4-11-21(27-16(2)5-6-17(27)3)20(14-15)22(28)25-18-7-9-19(10-8-18)26-13-12-24-23(26)29/h4-11,14H,12-13H2,1-3H3,(H,24,29)(H,25,28). The Bertz CT molecular complexity index is 1060. The minimum absolute atomic E-state index is 0.0938. The summed E-state index contributed by atoms with van der Waals surface area (Å²) in [5.74, 6) is -0.164. The molecule has 1 aliphatic heterocycles. The number of benzene rings is 2. The van der Waals surface area contributed by atoms with Crippen LogP contribution in [0.5, 0.6) is 0 Å². The van der Waals surface area contributed by atoms with Gasteiger partial charge in [0.1, 0.15) is 0 Å². The van der Waals surface area contributed by atoms with Gasteiger partial charge < -0.3 is 15.2 Å². The summed E-state index contributed by atoms with van der Waals surface area (Å²) in [5, 5.41) is 5.77. The van der Waals surface area contributed by atoms with Gasteiger partial charge >= 0.3 is 6.03 Å². The lowest BCUT2D eigenvalue weighted by Gasteiger charge is -2.17. The van der Waals surface area contributed by atoms with E-state index in [2.05, 4.69) is 15.2 Å². The molecule has 1 aliphatic rings. The minimum atomic E-state index is -0.164. The molecule has 1 fully saturated rings. The van der Waals surface area contributed by atoms with Gasteiger partial charge in [0.05, 0.1) is 11.3 Å². The highest BCUT2D eigenvalue weighted by molar-refractivity contribution is 6.07. The highest BCUT2D eigenvalue weighted by atomic mass is 16.2. The van der Waals surface area contributed by atoms with Crippen molar-refractivity contribution in [1.29, 1.82) is 0 Å². The number of nitrogens with one attached hydrogen (secondary N) is 2. The van der Waals surface area contributed by atoms with Crippen LogP contribution in [-0.4, -0.2) is 29.6 Å². The van der Waals surface area contributed by atoms with Crippen molar-refractivity contribution in [3.05, 3.63) is 77.1 Å². The first kappa shape index (κ1) is 18.8. The van der Waals surface area contributed by atoms with E-state index in [1.165, 1.54) is 0 Å². The monoisotopic (exact) mass is 388 g/mol. The minimum Gasteiger partial charge on any atom is -0.336 e. The number of anilines is 2. The highest BCUT2D eigenvalue weighted by Crippen LogP contribution is 2.24. The summed E-state index contributed by atoms with van der Waals surface area (Å²) in [7, 11) is 0. The molecule has 2 aromatic carbocycles. The molecule has 2 N–H and O–H groups in total. The summed E-state index contributed by atoms with van der Waals surface area (Å²) in [4.78, 5) is 26.6. The third kappa shape index (κ3) is 3.61. The average Bonchev–Trinajstić information content (AvgIpc) is 3.28. The van der Waals surface area contributed by atoms with E-state index < -0.39 is 0 Å². The molecular weight excluding hydrogens is 364 g/mol. The second-order valence-electron chi connectivity index (χ2n) is 7.36. The summed E-state index contributed by atoms with van der Waals surface area (Å²) >= 11 is 0. The molecule has 0 unspecified atom stereocenters. The molecule has 0 spiro atoms. The van der Waals surface area contributed by atoms with Gasteiger partial charge in [-0.15, -0.1) is 0 Å². The zero-order valence-electron chi connectivity index (χ0n) is 16.8. The van der Waals surface area contributed by atoms with E-state index in [-0.39, 0.29) is 11.9 Å². The number of carbonyl (C=O) groups excluding carboxylic acids is 2. The molecule has 0 saturated carbocycles. The van der Waals surface area contributed by atoms with Crippen molar-refractivity contribution in [3.8, 4) is 5.69 Å². The van der Waals surface area contributed by atoms with Gasteiger partial charge in [-0.3, -0.25) is 9.69 Å². The number of urea groups is 1. The van der Waals surface area contributed by atoms with Gasteiger partial charge in [-0.1, -0.05) is 11.6 Å². The van der Waals surface area contributed by atoms with Crippen LogP contribution < -0.4 is 15.5 Å². The van der Waals surface area contributed by atoms with Crippen LogP contribution in [0.2, 0.25) is 0 Å². The summed E-state index contributed by atoms with van der Waals surface area (Å²) in [5.41, 5.74) is 6.16. The summed E-state index contributed by atoms with van der Waals surface area (Å²) in [6.45, 7) is 7.33. The fraction of sp³-hybridized carbons (Fsp3) is 0.217. The van der Waals surface area contributed by atoms with Gasteiger partial charge in [0.25, 0.3) is 5.91 Å². The summed E-state index contributed by atoms with van der Waals surface area (Å²) < 4.78 is 2.09. The molecule has 1 aromatic heterocycles. The van der Waals surface area contributed by atoms with E-state index in [1.807, 2.05) is 75.4 Å². The fourth-order valence-electron chi connectivity index (χ4n) is 3.72. The number of rotatable bonds is 4. The molecular formula is C23H24N4O2. The Hall–Kier alpha value is -3.54. The number of hydrogen-bond donors (Lipinski definition) is 2. The van der Waals surface area contributed by atoms with Crippen LogP contribution in [0.25, 0.3) is 5.69 Å². The van der Waals surface area contributed by atoms with E-state index in [9.17, 15) is 9.59 Å². The van der Waals surface area contributed by atoms with Crippen molar-refractivity contribution in [3.63, 3.8) is 0 Å². The van der Waals surface area contributed by atoms with Crippen LogP contribution in [0.3, 0.4) is 0 Å². The molecule has 0 aliphatic carbocycles. The molecule has 1 saturated heterocycles. The molecule has 4 rings (SSSR count). The Balaban J connectivity index is 1.60. The van der Waals surface area contributed by atoms with Crippen LogP contribution >= 0.6 is 0 Å². The maximum Gasteiger partial charge on any atom is 0.321 e. The van der Waals surface area contributed by atoms with Crippen molar-refractivity contribution in [2.75, 3.05) is 23.3 Å². The zero-order chi connectivity index (χ0) is 20.5. The van der Waals surface area contributed by atoms with E-state index in [4.69, 9.17) is 0 Å². The number of hydrogen-bond acceptors (Lipinski definition) is 2. The Morgan fingerprint density at radius 3 is 2.28 bits per heavy atom. The van der Waals surface area contributed by atoms with Crippen molar-refractivity contribution < 1.29 is 9.59 Å². The zero-order valence-corrected chi connectivity index (χ0v) is 16.8. The molecule has 148 valence electrons. The third-order valence-corrected chi connectivity index (χ3v) is 5.20.